The molecule has 0 aliphatic carbocycles. The van der Waals surface area contributed by atoms with Gasteiger partial charge >= 0.3 is 6.09 Å². The quantitative estimate of drug-likeness (QED) is 0.832. The van der Waals surface area contributed by atoms with E-state index in [9.17, 15) is 9.59 Å². The van der Waals surface area contributed by atoms with E-state index in [1.807, 2.05) is 25.1 Å². The van der Waals surface area contributed by atoms with Crippen LogP contribution in [-0.2, 0) is 9.53 Å². The molecule has 0 radical (unpaired) electrons. The zero-order valence-electron chi connectivity index (χ0n) is 11.8. The van der Waals surface area contributed by atoms with Crippen molar-refractivity contribution >= 4 is 12.0 Å². The molecule has 1 aromatic carbocycles. The second-order valence-corrected chi connectivity index (χ2v) is 5.66. The minimum Gasteiger partial charge on any atom is -0.447 e. The molecule has 2 aliphatic heterocycles. The summed E-state index contributed by atoms with van der Waals surface area (Å²) in [5, 5.41) is 0. The molecule has 3 rings (SSSR count). The predicted octanol–water partition coefficient (Wildman–Crippen LogP) is 2.79. The van der Waals surface area contributed by atoms with Gasteiger partial charge in [0.1, 0.15) is 6.61 Å². The highest BCUT2D eigenvalue weighted by molar-refractivity contribution is 5.96. The number of amides is 2. The van der Waals surface area contributed by atoms with E-state index in [-0.39, 0.29) is 29.7 Å². The number of hydrogen-bond acceptors (Lipinski definition) is 3. The van der Waals surface area contributed by atoms with Crippen LogP contribution in [0.3, 0.4) is 0 Å². The van der Waals surface area contributed by atoms with Gasteiger partial charge in [-0.2, -0.15) is 0 Å². The van der Waals surface area contributed by atoms with Gasteiger partial charge in [0, 0.05) is 11.8 Å². The van der Waals surface area contributed by atoms with Crippen LogP contribution in [0.5, 0.6) is 0 Å². The summed E-state index contributed by atoms with van der Waals surface area (Å²) in [4.78, 5) is 25.7. The molecular formula is C16H19NO3. The Morgan fingerprint density at radius 2 is 1.95 bits per heavy atom. The molecule has 0 aromatic heterocycles. The van der Waals surface area contributed by atoms with Gasteiger partial charge in [0.2, 0.25) is 5.91 Å². The molecule has 20 heavy (non-hydrogen) atoms. The molecule has 2 aliphatic rings. The SMILES string of the molecule is CC[C@@H]1C(=O)N2C(=O)OC[C@@H]2C(c2ccccc2)C1C. The first-order valence-electron chi connectivity index (χ1n) is 7.20. The summed E-state index contributed by atoms with van der Waals surface area (Å²) in [6.07, 6.45) is 0.270. The maximum Gasteiger partial charge on any atom is 0.417 e. The molecular weight excluding hydrogens is 254 g/mol. The van der Waals surface area contributed by atoms with Gasteiger partial charge in [0.25, 0.3) is 0 Å². The van der Waals surface area contributed by atoms with Crippen molar-refractivity contribution in [2.75, 3.05) is 6.61 Å². The molecule has 2 saturated heterocycles. The summed E-state index contributed by atoms with van der Waals surface area (Å²) in [5.74, 6) is 0.192. The summed E-state index contributed by atoms with van der Waals surface area (Å²) in [7, 11) is 0. The fourth-order valence-electron chi connectivity index (χ4n) is 3.71. The number of hydrogen-bond donors (Lipinski definition) is 0. The average Bonchev–Trinajstić information content (AvgIpc) is 2.83. The molecule has 4 nitrogen and oxygen atoms in total. The number of rotatable bonds is 2. The Morgan fingerprint density at radius 1 is 1.25 bits per heavy atom. The lowest BCUT2D eigenvalue weighted by atomic mass is 9.70. The summed E-state index contributed by atoms with van der Waals surface area (Å²) in [5.41, 5.74) is 1.18. The van der Waals surface area contributed by atoms with E-state index in [1.165, 1.54) is 10.5 Å². The lowest BCUT2D eigenvalue weighted by molar-refractivity contribution is -0.140. The van der Waals surface area contributed by atoms with Crippen molar-refractivity contribution < 1.29 is 14.3 Å². The molecule has 4 atom stereocenters. The van der Waals surface area contributed by atoms with Crippen LogP contribution >= 0.6 is 0 Å². The third-order valence-electron chi connectivity index (χ3n) is 4.70. The first-order chi connectivity index (χ1) is 9.65. The molecule has 2 unspecified atom stereocenters. The molecule has 0 N–H and O–H groups in total. The lowest BCUT2D eigenvalue weighted by Gasteiger charge is -2.42. The summed E-state index contributed by atoms with van der Waals surface area (Å²) in [6, 6.07) is 9.97. The molecule has 0 saturated carbocycles. The number of carbonyl (C=O) groups is 2. The van der Waals surface area contributed by atoms with Crippen molar-refractivity contribution in [1.82, 2.24) is 4.90 Å². The molecule has 4 heteroatoms. The maximum atomic E-state index is 12.5. The third kappa shape index (κ3) is 1.82. The fraction of sp³-hybridized carbons (Fsp3) is 0.500. The van der Waals surface area contributed by atoms with E-state index >= 15 is 0 Å². The average molecular weight is 273 g/mol. The molecule has 0 spiro atoms. The van der Waals surface area contributed by atoms with E-state index in [0.717, 1.165) is 6.42 Å². The van der Waals surface area contributed by atoms with Crippen LogP contribution in [-0.4, -0.2) is 29.5 Å². The monoisotopic (exact) mass is 273 g/mol. The van der Waals surface area contributed by atoms with Crippen molar-refractivity contribution in [3.05, 3.63) is 35.9 Å². The van der Waals surface area contributed by atoms with E-state index in [0.29, 0.717) is 6.61 Å². The highest BCUT2D eigenvalue weighted by Gasteiger charge is 2.52. The van der Waals surface area contributed by atoms with Crippen molar-refractivity contribution in [2.24, 2.45) is 11.8 Å². The Balaban J connectivity index is 2.03. The number of benzene rings is 1. The van der Waals surface area contributed by atoms with Crippen molar-refractivity contribution in [3.8, 4) is 0 Å². The van der Waals surface area contributed by atoms with Crippen molar-refractivity contribution in [1.29, 1.82) is 0 Å². The number of carbonyl (C=O) groups excluding carboxylic acids is 2. The molecule has 106 valence electrons. The van der Waals surface area contributed by atoms with Crippen LogP contribution in [0.25, 0.3) is 0 Å². The van der Waals surface area contributed by atoms with Gasteiger partial charge in [-0.05, 0) is 17.9 Å². The smallest absolute Gasteiger partial charge is 0.417 e. The van der Waals surface area contributed by atoms with Crippen molar-refractivity contribution in [2.45, 2.75) is 32.2 Å². The molecule has 1 aromatic rings. The topological polar surface area (TPSA) is 46.6 Å². The maximum absolute atomic E-state index is 12.5. The predicted molar refractivity (Wildman–Crippen MR) is 74.1 cm³/mol. The van der Waals surface area contributed by atoms with Gasteiger partial charge in [-0.25, -0.2) is 9.69 Å². The number of ether oxygens (including phenoxy) is 1. The Bertz CT molecular complexity index is 528. The first-order valence-corrected chi connectivity index (χ1v) is 7.20. The van der Waals surface area contributed by atoms with Gasteiger partial charge in [0.15, 0.2) is 0 Å². The van der Waals surface area contributed by atoms with E-state index in [2.05, 4.69) is 19.1 Å². The van der Waals surface area contributed by atoms with Gasteiger partial charge in [-0.15, -0.1) is 0 Å². The standard InChI is InChI=1S/C16H19NO3/c1-3-12-10(2)14(11-7-5-4-6-8-11)13-9-20-16(19)17(13)15(12)18/h4-8,10,12-14H,3,9H2,1-2H3/t10?,12-,13+,14?/m0/s1. The lowest BCUT2D eigenvalue weighted by Crippen LogP contribution is -2.54. The molecule has 2 fully saturated rings. The third-order valence-corrected chi connectivity index (χ3v) is 4.70. The van der Waals surface area contributed by atoms with Gasteiger partial charge in [0.05, 0.1) is 6.04 Å². The van der Waals surface area contributed by atoms with Crippen molar-refractivity contribution in [3.63, 3.8) is 0 Å². The Kier molecular flexibility index (Phi) is 3.24. The van der Waals surface area contributed by atoms with Gasteiger partial charge in [-0.1, -0.05) is 44.2 Å². The largest absolute Gasteiger partial charge is 0.447 e. The number of piperidine rings is 1. The van der Waals surface area contributed by atoms with Crippen LogP contribution < -0.4 is 0 Å². The molecule has 2 heterocycles. The van der Waals surface area contributed by atoms with Gasteiger partial charge < -0.3 is 4.74 Å². The van der Waals surface area contributed by atoms with Gasteiger partial charge in [-0.3, -0.25) is 4.79 Å². The van der Waals surface area contributed by atoms with Crippen LogP contribution in [0.1, 0.15) is 31.7 Å². The number of nitrogens with zero attached hydrogens (tertiary/aromatic N) is 1. The summed E-state index contributed by atoms with van der Waals surface area (Å²) >= 11 is 0. The normalized spacial score (nSPS) is 33.0. The summed E-state index contributed by atoms with van der Waals surface area (Å²) < 4.78 is 5.13. The van der Waals surface area contributed by atoms with Crippen LogP contribution in [0.15, 0.2) is 30.3 Å². The van der Waals surface area contributed by atoms with Crippen LogP contribution in [0.2, 0.25) is 0 Å². The first kappa shape index (κ1) is 13.2. The van der Waals surface area contributed by atoms with Crippen LogP contribution in [0, 0.1) is 11.8 Å². The number of fused-ring (bicyclic) bond motifs is 1. The van der Waals surface area contributed by atoms with Crippen LogP contribution in [0.4, 0.5) is 4.79 Å². The summed E-state index contributed by atoms with van der Waals surface area (Å²) in [6.45, 7) is 4.43. The molecule has 0 bridgehead atoms. The van der Waals surface area contributed by atoms with E-state index < -0.39 is 6.09 Å². The highest BCUT2D eigenvalue weighted by atomic mass is 16.6. The Hall–Kier alpha value is -1.84. The molecule has 2 amide bonds. The Morgan fingerprint density at radius 3 is 2.60 bits per heavy atom. The Labute approximate surface area is 118 Å². The zero-order valence-corrected chi connectivity index (χ0v) is 11.8. The second-order valence-electron chi connectivity index (χ2n) is 5.66. The number of cyclic esters (lactones) is 1. The fourth-order valence-corrected chi connectivity index (χ4v) is 3.71. The minimum atomic E-state index is -0.480. The number of imide groups is 1. The minimum absolute atomic E-state index is 0.0697. The zero-order chi connectivity index (χ0) is 14.3. The van der Waals surface area contributed by atoms with E-state index in [4.69, 9.17) is 4.74 Å². The second kappa shape index (κ2) is 4.93. The highest BCUT2D eigenvalue weighted by Crippen LogP contribution is 2.44. The van der Waals surface area contributed by atoms with E-state index in [1.54, 1.807) is 0 Å².